The zero-order chi connectivity index (χ0) is 25.2. The molecule has 34 heavy (non-hydrogen) atoms. The number of methoxy groups -OCH3 is 1. The summed E-state index contributed by atoms with van der Waals surface area (Å²) >= 11 is 0. The second-order valence-corrected chi connectivity index (χ2v) is 8.13. The van der Waals surface area contributed by atoms with E-state index in [0.29, 0.717) is 16.7 Å². The van der Waals surface area contributed by atoms with Gasteiger partial charge in [-0.05, 0) is 24.3 Å². The molecule has 1 amide bonds. The monoisotopic (exact) mass is 474 g/mol. The standard InChI is InChI=1S/C22H26N4O8/c1-10(2)21(30)24-18-14(7-17(22(31)32)34-20(18)19(29)16(28)9-27)26-15(8-23)12-6-11(33-3)4-5-13(12)25-26/h4-7,10,14,16,18-20,27-29H,9H2,1-3H3,(H,24,30)(H,31,32)/t14-,16+,18+,19+,20+/m0/s1. The first-order chi connectivity index (χ1) is 16.1. The lowest BCUT2D eigenvalue weighted by Crippen LogP contribution is -2.59. The van der Waals surface area contributed by atoms with Crippen LogP contribution in [0.5, 0.6) is 5.75 Å². The van der Waals surface area contributed by atoms with Crippen molar-refractivity contribution in [1.82, 2.24) is 15.1 Å². The lowest BCUT2D eigenvalue weighted by atomic mass is 9.91. The van der Waals surface area contributed by atoms with Gasteiger partial charge in [0, 0.05) is 11.3 Å². The third-order valence-electron chi connectivity index (χ3n) is 5.56. The highest BCUT2D eigenvalue weighted by molar-refractivity contribution is 5.86. The minimum Gasteiger partial charge on any atom is -0.497 e. The van der Waals surface area contributed by atoms with Crippen LogP contribution in [0.2, 0.25) is 0 Å². The van der Waals surface area contributed by atoms with E-state index in [1.165, 1.54) is 17.9 Å². The average molecular weight is 474 g/mol. The first-order valence-electron chi connectivity index (χ1n) is 10.5. The van der Waals surface area contributed by atoms with Crippen molar-refractivity contribution in [2.75, 3.05) is 13.7 Å². The van der Waals surface area contributed by atoms with E-state index in [1.54, 1.807) is 32.0 Å². The van der Waals surface area contributed by atoms with E-state index in [0.717, 1.165) is 0 Å². The zero-order valence-corrected chi connectivity index (χ0v) is 18.7. The van der Waals surface area contributed by atoms with Crippen molar-refractivity contribution in [2.45, 2.75) is 44.2 Å². The Morgan fingerprint density at radius 3 is 2.62 bits per heavy atom. The molecule has 0 saturated carbocycles. The van der Waals surface area contributed by atoms with Crippen LogP contribution in [0.4, 0.5) is 0 Å². The summed E-state index contributed by atoms with van der Waals surface area (Å²) in [6.45, 7) is 2.43. The third kappa shape index (κ3) is 4.67. The Kier molecular flexibility index (Phi) is 7.41. The van der Waals surface area contributed by atoms with Gasteiger partial charge >= 0.3 is 5.97 Å². The molecule has 0 fully saturated rings. The number of carboxylic acids is 1. The van der Waals surface area contributed by atoms with Gasteiger partial charge in [0.15, 0.2) is 0 Å². The van der Waals surface area contributed by atoms with Gasteiger partial charge in [0.25, 0.3) is 0 Å². The Balaban J connectivity index is 2.23. The molecule has 0 spiro atoms. The lowest BCUT2D eigenvalue weighted by molar-refractivity contribution is -0.147. The molecule has 2 heterocycles. The van der Waals surface area contributed by atoms with Gasteiger partial charge in [-0.1, -0.05) is 13.8 Å². The first kappa shape index (κ1) is 25.0. The van der Waals surface area contributed by atoms with Crippen molar-refractivity contribution >= 4 is 22.8 Å². The summed E-state index contributed by atoms with van der Waals surface area (Å²) in [6.07, 6.45) is -3.77. The van der Waals surface area contributed by atoms with Gasteiger partial charge in [0.1, 0.15) is 35.8 Å². The van der Waals surface area contributed by atoms with Crippen molar-refractivity contribution < 1.29 is 39.5 Å². The van der Waals surface area contributed by atoms with Crippen molar-refractivity contribution in [3.05, 3.63) is 35.7 Å². The number of benzene rings is 1. The van der Waals surface area contributed by atoms with E-state index in [4.69, 9.17) is 9.47 Å². The van der Waals surface area contributed by atoms with Crippen molar-refractivity contribution in [2.24, 2.45) is 5.92 Å². The topological polar surface area (TPSA) is 187 Å². The predicted molar refractivity (Wildman–Crippen MR) is 116 cm³/mol. The second kappa shape index (κ2) is 10.1. The second-order valence-electron chi connectivity index (χ2n) is 8.13. The summed E-state index contributed by atoms with van der Waals surface area (Å²) in [6, 6.07) is 4.66. The first-order valence-corrected chi connectivity index (χ1v) is 10.5. The van der Waals surface area contributed by atoms with Crippen LogP contribution in [-0.4, -0.2) is 80.2 Å². The van der Waals surface area contributed by atoms with Gasteiger partial charge in [-0.3, -0.25) is 4.79 Å². The van der Waals surface area contributed by atoms with Gasteiger partial charge in [0.2, 0.25) is 11.7 Å². The van der Waals surface area contributed by atoms with Crippen molar-refractivity contribution in [3.63, 3.8) is 0 Å². The zero-order valence-electron chi connectivity index (χ0n) is 18.7. The molecule has 2 aromatic rings. The summed E-state index contributed by atoms with van der Waals surface area (Å²) in [4.78, 5) is 24.4. The molecule has 5 N–H and O–H groups in total. The van der Waals surface area contributed by atoms with Gasteiger partial charge in [0.05, 0.1) is 31.3 Å². The fourth-order valence-electron chi connectivity index (χ4n) is 3.70. The van der Waals surface area contributed by atoms with Crippen LogP contribution < -0.4 is 10.1 Å². The fraction of sp³-hybridized carbons (Fsp3) is 0.455. The Morgan fingerprint density at radius 1 is 1.35 bits per heavy atom. The number of rotatable bonds is 8. The average Bonchev–Trinajstić information content (AvgIpc) is 3.20. The Morgan fingerprint density at radius 2 is 2.06 bits per heavy atom. The molecule has 3 rings (SSSR count). The summed E-state index contributed by atoms with van der Waals surface area (Å²) in [5.41, 5.74) is 0.470. The normalized spacial score (nSPS) is 21.8. The number of amides is 1. The van der Waals surface area contributed by atoms with E-state index < -0.39 is 60.6 Å². The molecule has 0 radical (unpaired) electrons. The van der Waals surface area contributed by atoms with Gasteiger partial charge < -0.3 is 35.2 Å². The van der Waals surface area contributed by atoms with Crippen molar-refractivity contribution in [3.8, 4) is 11.8 Å². The van der Waals surface area contributed by atoms with Gasteiger partial charge in [-0.15, -0.1) is 0 Å². The number of nitrogens with zero attached hydrogens (tertiary/aromatic N) is 3. The van der Waals surface area contributed by atoms with E-state index in [-0.39, 0.29) is 5.69 Å². The van der Waals surface area contributed by atoms with Crippen LogP contribution in [-0.2, 0) is 14.3 Å². The number of ether oxygens (including phenoxy) is 2. The van der Waals surface area contributed by atoms with Crippen LogP contribution in [0.15, 0.2) is 30.0 Å². The maximum absolute atomic E-state index is 12.6. The smallest absolute Gasteiger partial charge is 0.370 e. The Labute approximate surface area is 194 Å². The van der Waals surface area contributed by atoms with Crippen LogP contribution in [0, 0.1) is 17.2 Å². The van der Waals surface area contributed by atoms with Crippen molar-refractivity contribution in [1.29, 1.82) is 5.26 Å². The van der Waals surface area contributed by atoms with Gasteiger partial charge in [-0.2, -0.15) is 10.4 Å². The molecular weight excluding hydrogens is 448 g/mol. The number of aliphatic carboxylic acids is 1. The van der Waals surface area contributed by atoms with Crippen LogP contribution in [0.25, 0.3) is 10.9 Å². The van der Waals surface area contributed by atoms with E-state index in [9.17, 15) is 35.3 Å². The highest BCUT2D eigenvalue weighted by Gasteiger charge is 2.45. The van der Waals surface area contributed by atoms with Crippen LogP contribution in [0.1, 0.15) is 25.6 Å². The molecule has 1 aliphatic heterocycles. The van der Waals surface area contributed by atoms with Crippen LogP contribution >= 0.6 is 0 Å². The molecule has 1 aliphatic rings. The van der Waals surface area contributed by atoms with Gasteiger partial charge in [-0.25, -0.2) is 9.48 Å². The molecule has 5 atom stereocenters. The molecule has 12 nitrogen and oxygen atoms in total. The Bertz CT molecular complexity index is 1150. The molecule has 1 aromatic heterocycles. The summed E-state index contributed by atoms with van der Waals surface area (Å²) in [7, 11) is 1.47. The summed E-state index contributed by atoms with van der Waals surface area (Å²) in [5.74, 6) is -2.50. The molecular formula is C22H26N4O8. The number of carbonyl (C=O) groups is 2. The minimum atomic E-state index is -1.77. The maximum Gasteiger partial charge on any atom is 0.370 e. The number of aromatic nitrogens is 2. The molecule has 182 valence electrons. The maximum atomic E-state index is 12.6. The number of fused-ring (bicyclic) bond motifs is 1. The highest BCUT2D eigenvalue weighted by atomic mass is 16.5. The largest absolute Gasteiger partial charge is 0.497 e. The number of hydrogen-bond acceptors (Lipinski definition) is 9. The predicted octanol–water partition coefficient (Wildman–Crippen LogP) is -0.320. The number of nitrogens with one attached hydrogen (secondary N) is 1. The lowest BCUT2D eigenvalue weighted by Gasteiger charge is -2.40. The molecule has 0 bridgehead atoms. The summed E-state index contributed by atoms with van der Waals surface area (Å²) in [5, 5.41) is 57.1. The Hall–Kier alpha value is -3.66. The molecule has 0 aliphatic carbocycles. The number of aliphatic hydroxyl groups is 3. The summed E-state index contributed by atoms with van der Waals surface area (Å²) < 4.78 is 11.9. The van der Waals surface area contributed by atoms with E-state index in [1.807, 2.05) is 6.07 Å². The number of carboxylic acid groups (broad SMARTS) is 1. The number of nitriles is 1. The van der Waals surface area contributed by atoms with E-state index >= 15 is 0 Å². The number of hydrogen-bond donors (Lipinski definition) is 5. The highest BCUT2D eigenvalue weighted by Crippen LogP contribution is 2.33. The number of aliphatic hydroxyl groups excluding tert-OH is 3. The molecule has 0 saturated heterocycles. The SMILES string of the molecule is COc1ccc2nn([C@H]3C=C(C(=O)O)O[C@@H]([C@H](O)[C@H](O)CO)[C@@H]3NC(=O)C(C)C)c(C#N)c2c1. The van der Waals surface area contributed by atoms with E-state index in [2.05, 4.69) is 10.4 Å². The third-order valence-corrected chi connectivity index (χ3v) is 5.56. The minimum absolute atomic E-state index is 0.0570. The van der Waals surface area contributed by atoms with Crippen LogP contribution in [0.3, 0.4) is 0 Å². The quantitative estimate of drug-likeness (QED) is 0.339. The molecule has 1 aromatic carbocycles. The fourth-order valence-corrected chi connectivity index (χ4v) is 3.70. The number of carbonyl (C=O) groups excluding carboxylic acids is 1. The molecule has 0 unspecified atom stereocenters. The molecule has 12 heteroatoms.